The van der Waals surface area contributed by atoms with Crippen LogP contribution in [-0.2, 0) is 21.2 Å². The molecule has 1 aromatic heterocycles. The molecule has 0 bridgehead atoms. The normalized spacial score (nSPS) is 13.2. The first-order valence-corrected chi connectivity index (χ1v) is 8.35. The van der Waals surface area contributed by atoms with Gasteiger partial charge >= 0.3 is 0 Å². The highest BCUT2D eigenvalue weighted by Gasteiger charge is 2.16. The van der Waals surface area contributed by atoms with Gasteiger partial charge in [0.25, 0.3) is 0 Å². The number of carbonyl (C=O) groups excluding carboxylic acids is 1. The van der Waals surface area contributed by atoms with E-state index in [1.165, 1.54) is 12.5 Å². The van der Waals surface area contributed by atoms with Gasteiger partial charge in [0, 0.05) is 12.2 Å². The number of nitrogens with zero attached hydrogens (tertiary/aromatic N) is 1. The van der Waals surface area contributed by atoms with Gasteiger partial charge in [-0.3, -0.25) is 9.89 Å². The molecule has 114 valence electrons. The molecule has 0 aliphatic heterocycles. The Morgan fingerprint density at radius 1 is 1.40 bits per heavy atom. The van der Waals surface area contributed by atoms with Crippen molar-refractivity contribution < 1.29 is 13.2 Å². The first-order chi connectivity index (χ1) is 9.20. The van der Waals surface area contributed by atoms with Gasteiger partial charge < -0.3 is 5.32 Å². The molecule has 8 heteroatoms. The lowest BCUT2D eigenvalue weighted by molar-refractivity contribution is -0.122. The Balaban J connectivity index is 2.33. The van der Waals surface area contributed by atoms with Gasteiger partial charge in [-0.1, -0.05) is 0 Å². The maximum atomic E-state index is 11.7. The van der Waals surface area contributed by atoms with Crippen LogP contribution in [0.3, 0.4) is 0 Å². The van der Waals surface area contributed by atoms with Crippen LogP contribution in [0.1, 0.15) is 30.3 Å². The van der Waals surface area contributed by atoms with Crippen molar-refractivity contribution in [2.45, 2.75) is 39.7 Å². The molecule has 1 aromatic rings. The SMILES string of the molecule is Cc1n[nH]c(C)c1CCCNC(=O)C(C)NS(C)(=O)=O. The summed E-state index contributed by atoms with van der Waals surface area (Å²) in [5, 5.41) is 9.74. The average Bonchev–Trinajstić information content (AvgIpc) is 2.63. The van der Waals surface area contributed by atoms with Crippen molar-refractivity contribution in [2.75, 3.05) is 12.8 Å². The van der Waals surface area contributed by atoms with Gasteiger partial charge in [0.15, 0.2) is 0 Å². The Morgan fingerprint density at radius 2 is 2.05 bits per heavy atom. The molecular weight excluding hydrogens is 280 g/mol. The van der Waals surface area contributed by atoms with E-state index in [2.05, 4.69) is 20.2 Å². The van der Waals surface area contributed by atoms with Crippen LogP contribution >= 0.6 is 0 Å². The number of aromatic amines is 1. The first-order valence-electron chi connectivity index (χ1n) is 6.46. The fraction of sp³-hybridized carbons (Fsp3) is 0.667. The predicted molar refractivity (Wildman–Crippen MR) is 76.8 cm³/mol. The molecule has 7 nitrogen and oxygen atoms in total. The average molecular weight is 302 g/mol. The quantitative estimate of drug-likeness (QED) is 0.617. The van der Waals surface area contributed by atoms with Gasteiger partial charge in [0.1, 0.15) is 0 Å². The van der Waals surface area contributed by atoms with Crippen LogP contribution in [0.2, 0.25) is 0 Å². The van der Waals surface area contributed by atoms with Gasteiger partial charge in [0.05, 0.1) is 18.0 Å². The topological polar surface area (TPSA) is 104 Å². The second-order valence-corrected chi connectivity index (χ2v) is 6.70. The van der Waals surface area contributed by atoms with Gasteiger partial charge in [-0.25, -0.2) is 13.1 Å². The Kier molecular flexibility index (Phi) is 5.70. The molecule has 0 aliphatic rings. The third-order valence-corrected chi connectivity index (χ3v) is 3.75. The van der Waals surface area contributed by atoms with E-state index in [4.69, 9.17) is 0 Å². The molecule has 0 fully saturated rings. The summed E-state index contributed by atoms with van der Waals surface area (Å²) in [5.41, 5.74) is 3.18. The van der Waals surface area contributed by atoms with Crippen LogP contribution in [0.25, 0.3) is 0 Å². The van der Waals surface area contributed by atoms with E-state index in [0.29, 0.717) is 6.54 Å². The first kappa shape index (κ1) is 16.6. The summed E-state index contributed by atoms with van der Waals surface area (Å²) in [6.07, 6.45) is 2.63. The summed E-state index contributed by atoms with van der Waals surface area (Å²) < 4.78 is 24.2. The molecule has 20 heavy (non-hydrogen) atoms. The minimum Gasteiger partial charge on any atom is -0.355 e. The number of hydrogen-bond acceptors (Lipinski definition) is 4. The summed E-state index contributed by atoms with van der Waals surface area (Å²) >= 11 is 0. The highest BCUT2D eigenvalue weighted by Crippen LogP contribution is 2.11. The minimum absolute atomic E-state index is 0.323. The van der Waals surface area contributed by atoms with E-state index in [0.717, 1.165) is 30.5 Å². The van der Waals surface area contributed by atoms with Gasteiger partial charge in [-0.2, -0.15) is 5.10 Å². The van der Waals surface area contributed by atoms with Crippen molar-refractivity contribution in [1.29, 1.82) is 0 Å². The number of aryl methyl sites for hydroxylation is 2. The zero-order chi connectivity index (χ0) is 15.3. The van der Waals surface area contributed by atoms with Crippen molar-refractivity contribution in [2.24, 2.45) is 0 Å². The standard InChI is InChI=1S/C12H22N4O3S/c1-8-11(9(2)15-14-8)6-5-7-13-12(17)10(3)16-20(4,18)19/h10,16H,5-7H2,1-4H3,(H,13,17)(H,14,15). The number of nitrogens with one attached hydrogen (secondary N) is 3. The van der Waals surface area contributed by atoms with Gasteiger partial charge in [-0.15, -0.1) is 0 Å². The van der Waals surface area contributed by atoms with Crippen molar-refractivity contribution >= 4 is 15.9 Å². The van der Waals surface area contributed by atoms with E-state index < -0.39 is 16.1 Å². The molecule has 3 N–H and O–H groups in total. The maximum absolute atomic E-state index is 11.7. The third-order valence-electron chi connectivity index (χ3n) is 2.97. The molecule has 0 aromatic carbocycles. The van der Waals surface area contributed by atoms with Crippen LogP contribution in [0.4, 0.5) is 0 Å². The maximum Gasteiger partial charge on any atom is 0.237 e. The van der Waals surface area contributed by atoms with Crippen LogP contribution in [0, 0.1) is 13.8 Å². The van der Waals surface area contributed by atoms with Crippen molar-refractivity contribution in [1.82, 2.24) is 20.2 Å². The monoisotopic (exact) mass is 302 g/mol. The van der Waals surface area contributed by atoms with Gasteiger partial charge in [-0.05, 0) is 39.2 Å². The highest BCUT2D eigenvalue weighted by atomic mass is 32.2. The molecule has 1 atom stereocenters. The minimum atomic E-state index is -3.37. The summed E-state index contributed by atoms with van der Waals surface area (Å²) in [6.45, 7) is 5.92. The van der Waals surface area contributed by atoms with Crippen LogP contribution in [0.5, 0.6) is 0 Å². The molecule has 1 unspecified atom stereocenters. The Labute approximate surface area is 119 Å². The zero-order valence-corrected chi connectivity index (χ0v) is 13.1. The van der Waals surface area contributed by atoms with Crippen molar-refractivity contribution in [3.8, 4) is 0 Å². The molecule has 0 radical (unpaired) electrons. The predicted octanol–water partition coefficient (Wildman–Crippen LogP) is 0.0130. The van der Waals surface area contributed by atoms with Crippen LogP contribution in [0.15, 0.2) is 0 Å². The Bertz CT molecular complexity index is 546. The van der Waals surface area contributed by atoms with Gasteiger partial charge in [0.2, 0.25) is 15.9 Å². The summed E-state index contributed by atoms with van der Waals surface area (Å²) in [6, 6.07) is -0.762. The lowest BCUT2D eigenvalue weighted by Gasteiger charge is -2.12. The third kappa shape index (κ3) is 5.30. The summed E-state index contributed by atoms with van der Waals surface area (Å²) in [7, 11) is -3.37. The van der Waals surface area contributed by atoms with E-state index >= 15 is 0 Å². The van der Waals surface area contributed by atoms with E-state index in [9.17, 15) is 13.2 Å². The number of H-pyrrole nitrogens is 1. The lowest BCUT2D eigenvalue weighted by Crippen LogP contribution is -2.44. The van der Waals surface area contributed by atoms with E-state index in [-0.39, 0.29) is 5.91 Å². The second-order valence-electron chi connectivity index (χ2n) is 4.92. The molecule has 1 amide bonds. The number of carbonyl (C=O) groups is 1. The number of rotatable bonds is 7. The lowest BCUT2D eigenvalue weighted by atomic mass is 10.1. The Morgan fingerprint density at radius 3 is 2.55 bits per heavy atom. The fourth-order valence-electron chi connectivity index (χ4n) is 1.95. The summed E-state index contributed by atoms with van der Waals surface area (Å²) in [4.78, 5) is 11.7. The smallest absolute Gasteiger partial charge is 0.237 e. The summed E-state index contributed by atoms with van der Waals surface area (Å²) in [5.74, 6) is -0.323. The fourth-order valence-corrected chi connectivity index (χ4v) is 2.70. The molecule has 0 saturated heterocycles. The Hall–Kier alpha value is -1.41. The van der Waals surface area contributed by atoms with Crippen molar-refractivity contribution in [3.05, 3.63) is 17.0 Å². The molecule has 0 spiro atoms. The number of amides is 1. The number of hydrogen-bond donors (Lipinski definition) is 3. The molecular formula is C12H22N4O3S. The van der Waals surface area contributed by atoms with E-state index in [1.54, 1.807) is 0 Å². The van der Waals surface area contributed by atoms with Crippen LogP contribution < -0.4 is 10.0 Å². The van der Waals surface area contributed by atoms with Crippen LogP contribution in [-0.4, -0.2) is 43.4 Å². The highest BCUT2D eigenvalue weighted by molar-refractivity contribution is 7.88. The van der Waals surface area contributed by atoms with Crippen molar-refractivity contribution in [3.63, 3.8) is 0 Å². The molecule has 1 rings (SSSR count). The molecule has 0 aliphatic carbocycles. The largest absolute Gasteiger partial charge is 0.355 e. The molecule has 0 saturated carbocycles. The second kappa shape index (κ2) is 6.85. The number of aromatic nitrogens is 2. The van der Waals surface area contributed by atoms with E-state index in [1.807, 2.05) is 13.8 Å². The zero-order valence-electron chi connectivity index (χ0n) is 12.3. The molecule has 1 heterocycles. The number of sulfonamides is 1.